The van der Waals surface area contributed by atoms with E-state index in [1.807, 2.05) is 44.4 Å². The molecule has 0 saturated heterocycles. The van der Waals surface area contributed by atoms with Crippen LogP contribution in [0.3, 0.4) is 0 Å². The molecule has 2 aromatic rings. The molecule has 0 saturated carbocycles. The average molecular weight is 386 g/mol. The summed E-state index contributed by atoms with van der Waals surface area (Å²) in [5.41, 5.74) is 2.14. The fraction of sp³-hybridized carbons (Fsp3) is 0.200. The topological polar surface area (TPSA) is 106 Å². The molecule has 146 valence electrons. The minimum atomic E-state index is -4.05. The van der Waals surface area contributed by atoms with Crippen molar-refractivity contribution in [1.82, 2.24) is 0 Å². The van der Waals surface area contributed by atoms with Gasteiger partial charge in [0.05, 0.1) is 23.3 Å². The summed E-state index contributed by atoms with van der Waals surface area (Å²) in [5.74, 6) is -5.75. The van der Waals surface area contributed by atoms with E-state index in [0.717, 1.165) is 5.69 Å². The molecule has 0 bridgehead atoms. The molecule has 0 aromatic heterocycles. The molecule has 0 atom stereocenters. The molecule has 0 aliphatic carbocycles. The standard InChI is InChI=1S/C10H6F2N2O2.C8H8N2.C2H6/c11-10(12,6-15)9(16)14-8-3-1-7(5-13)2-4-8;1-10-8-4-2-7(6-9)3-5-8;1-2/h1-4,6H,(H,14,16);2-5,10H,1H3;1-2H3. The molecule has 0 aliphatic heterocycles. The first-order valence-electron chi connectivity index (χ1n) is 8.20. The zero-order chi connectivity index (χ0) is 21.6. The first kappa shape index (κ1) is 24.2. The van der Waals surface area contributed by atoms with E-state index in [1.165, 1.54) is 24.3 Å². The van der Waals surface area contributed by atoms with Crippen molar-refractivity contribution in [3.8, 4) is 12.1 Å². The second-order valence-electron chi connectivity index (χ2n) is 4.82. The van der Waals surface area contributed by atoms with Gasteiger partial charge in [-0.05, 0) is 48.5 Å². The van der Waals surface area contributed by atoms with Crippen LogP contribution in [-0.2, 0) is 9.59 Å². The summed E-state index contributed by atoms with van der Waals surface area (Å²) >= 11 is 0. The van der Waals surface area contributed by atoms with Crippen LogP contribution in [0.15, 0.2) is 48.5 Å². The average Bonchev–Trinajstić information content (AvgIpc) is 2.76. The van der Waals surface area contributed by atoms with Crippen LogP contribution in [0.4, 0.5) is 20.2 Å². The zero-order valence-electron chi connectivity index (χ0n) is 15.7. The number of carbonyl (C=O) groups is 2. The third kappa shape index (κ3) is 8.07. The Balaban J connectivity index is 0.000000520. The van der Waals surface area contributed by atoms with E-state index in [1.54, 1.807) is 12.1 Å². The third-order valence-electron chi connectivity index (χ3n) is 3.03. The zero-order valence-corrected chi connectivity index (χ0v) is 15.7. The normalized spacial score (nSPS) is 9.11. The van der Waals surface area contributed by atoms with Gasteiger partial charge in [-0.25, -0.2) is 0 Å². The van der Waals surface area contributed by atoms with Gasteiger partial charge in [0.15, 0.2) is 6.29 Å². The Morgan fingerprint density at radius 2 is 1.32 bits per heavy atom. The van der Waals surface area contributed by atoms with Gasteiger partial charge in [0.1, 0.15) is 0 Å². The van der Waals surface area contributed by atoms with E-state index in [9.17, 15) is 18.4 Å². The molecule has 0 radical (unpaired) electrons. The molecule has 2 rings (SSSR count). The Morgan fingerprint density at radius 3 is 1.64 bits per heavy atom. The maximum Gasteiger partial charge on any atom is 0.379 e. The number of aldehydes is 1. The monoisotopic (exact) mass is 386 g/mol. The van der Waals surface area contributed by atoms with Crippen LogP contribution in [0.5, 0.6) is 0 Å². The van der Waals surface area contributed by atoms with Crippen LogP contribution in [0, 0.1) is 22.7 Å². The van der Waals surface area contributed by atoms with Crippen LogP contribution >= 0.6 is 0 Å². The van der Waals surface area contributed by atoms with Gasteiger partial charge in [-0.2, -0.15) is 19.3 Å². The van der Waals surface area contributed by atoms with Crippen LogP contribution in [0.2, 0.25) is 0 Å². The first-order valence-corrected chi connectivity index (χ1v) is 8.20. The van der Waals surface area contributed by atoms with Gasteiger partial charge in [-0.15, -0.1) is 0 Å². The maximum absolute atomic E-state index is 12.5. The van der Waals surface area contributed by atoms with Crippen LogP contribution < -0.4 is 10.6 Å². The molecule has 8 heteroatoms. The molecule has 0 spiro atoms. The number of halogens is 2. The highest BCUT2D eigenvalue weighted by atomic mass is 19.3. The van der Waals surface area contributed by atoms with E-state index in [2.05, 4.69) is 11.4 Å². The summed E-state index contributed by atoms with van der Waals surface area (Å²) in [7, 11) is 1.85. The summed E-state index contributed by atoms with van der Waals surface area (Å²) in [6, 6.07) is 16.5. The molecule has 2 aromatic carbocycles. The fourth-order valence-electron chi connectivity index (χ4n) is 1.61. The van der Waals surface area contributed by atoms with Crippen molar-refractivity contribution in [3.05, 3.63) is 59.7 Å². The molecule has 0 heterocycles. The first-order chi connectivity index (χ1) is 13.4. The largest absolute Gasteiger partial charge is 0.388 e. The number of hydrogen-bond acceptors (Lipinski definition) is 5. The Labute approximate surface area is 162 Å². The molecule has 1 amide bonds. The summed E-state index contributed by atoms with van der Waals surface area (Å²) in [6.45, 7) is 4.00. The van der Waals surface area contributed by atoms with Crippen molar-refractivity contribution in [2.24, 2.45) is 0 Å². The molecular weight excluding hydrogens is 366 g/mol. The van der Waals surface area contributed by atoms with Gasteiger partial charge in [0, 0.05) is 18.4 Å². The number of anilines is 2. The highest BCUT2D eigenvalue weighted by molar-refractivity contribution is 6.05. The number of carbonyl (C=O) groups excluding carboxylic acids is 2. The molecule has 0 aliphatic rings. The molecule has 0 fully saturated rings. The van der Waals surface area contributed by atoms with Gasteiger partial charge in [0.2, 0.25) is 0 Å². The second-order valence-corrected chi connectivity index (χ2v) is 4.82. The van der Waals surface area contributed by atoms with E-state index in [4.69, 9.17) is 10.5 Å². The molecule has 6 nitrogen and oxygen atoms in total. The number of nitrogens with zero attached hydrogens (tertiary/aromatic N) is 2. The minimum absolute atomic E-state index is 0.0884. The van der Waals surface area contributed by atoms with Crippen molar-refractivity contribution < 1.29 is 18.4 Å². The summed E-state index contributed by atoms with van der Waals surface area (Å²) in [6.07, 6.45) is -0.730. The lowest BCUT2D eigenvalue weighted by Crippen LogP contribution is -2.35. The predicted molar refractivity (Wildman–Crippen MR) is 103 cm³/mol. The van der Waals surface area contributed by atoms with Crippen molar-refractivity contribution >= 4 is 23.6 Å². The molecular formula is C20H20F2N4O2. The Morgan fingerprint density at radius 1 is 0.929 bits per heavy atom. The van der Waals surface area contributed by atoms with Crippen molar-refractivity contribution in [1.29, 1.82) is 10.5 Å². The lowest BCUT2D eigenvalue weighted by Gasteiger charge is -2.09. The number of alkyl halides is 2. The van der Waals surface area contributed by atoms with Gasteiger partial charge in [0.25, 0.3) is 0 Å². The number of benzene rings is 2. The van der Waals surface area contributed by atoms with E-state index in [0.29, 0.717) is 11.1 Å². The third-order valence-corrected chi connectivity index (χ3v) is 3.03. The quantitative estimate of drug-likeness (QED) is 0.611. The van der Waals surface area contributed by atoms with Gasteiger partial charge in [-0.1, -0.05) is 13.8 Å². The number of nitriles is 2. The Kier molecular flexibility index (Phi) is 10.9. The SMILES string of the molecule is CC.CNc1ccc(C#N)cc1.N#Cc1ccc(NC(=O)C(F)(F)C=O)cc1. The van der Waals surface area contributed by atoms with Crippen molar-refractivity contribution in [2.45, 2.75) is 19.8 Å². The highest BCUT2D eigenvalue weighted by Crippen LogP contribution is 2.15. The smallest absolute Gasteiger partial charge is 0.379 e. The number of rotatable bonds is 4. The maximum atomic E-state index is 12.5. The van der Waals surface area contributed by atoms with Crippen molar-refractivity contribution in [3.63, 3.8) is 0 Å². The highest BCUT2D eigenvalue weighted by Gasteiger charge is 2.38. The van der Waals surface area contributed by atoms with E-state index in [-0.39, 0.29) is 5.69 Å². The molecule has 2 N–H and O–H groups in total. The van der Waals surface area contributed by atoms with E-state index >= 15 is 0 Å². The number of hydrogen-bond donors (Lipinski definition) is 2. The summed E-state index contributed by atoms with van der Waals surface area (Å²) < 4.78 is 25.1. The minimum Gasteiger partial charge on any atom is -0.388 e. The second kappa shape index (κ2) is 12.6. The predicted octanol–water partition coefficient (Wildman–Crippen LogP) is 3.96. The number of amides is 1. The van der Waals surface area contributed by atoms with E-state index < -0.39 is 18.1 Å². The van der Waals surface area contributed by atoms with Gasteiger partial charge >= 0.3 is 11.8 Å². The van der Waals surface area contributed by atoms with Crippen LogP contribution in [0.1, 0.15) is 25.0 Å². The Bertz CT molecular complexity index is 836. The Hall–Kier alpha value is -3.78. The van der Waals surface area contributed by atoms with Gasteiger partial charge in [-0.3, -0.25) is 9.59 Å². The fourth-order valence-corrected chi connectivity index (χ4v) is 1.61. The van der Waals surface area contributed by atoms with Gasteiger partial charge < -0.3 is 10.6 Å². The van der Waals surface area contributed by atoms with Crippen LogP contribution in [-0.4, -0.2) is 25.2 Å². The number of nitrogens with one attached hydrogen (secondary N) is 2. The molecule has 0 unspecified atom stereocenters. The van der Waals surface area contributed by atoms with Crippen molar-refractivity contribution in [2.75, 3.05) is 17.7 Å². The lowest BCUT2D eigenvalue weighted by molar-refractivity contribution is -0.146. The van der Waals surface area contributed by atoms with Crippen LogP contribution in [0.25, 0.3) is 0 Å². The molecule has 28 heavy (non-hydrogen) atoms. The summed E-state index contributed by atoms with van der Waals surface area (Å²) in [5, 5.41) is 21.7. The summed E-state index contributed by atoms with van der Waals surface area (Å²) in [4.78, 5) is 20.8. The lowest BCUT2D eigenvalue weighted by atomic mass is 10.2.